The standard InChI is InChI=1S/C20H32N4O5S/c1-2-21-20(24-16-7-8-18-19(14-16)29-12-5-11-28-18)22-9-13-30(25,26)23-15-17-6-3-4-10-27-17/h7-8,14,17,23H,2-6,9-13,15H2,1H3,(H2,21,22,24). The number of guanidine groups is 1. The minimum Gasteiger partial charge on any atom is -0.490 e. The molecule has 10 heteroatoms. The molecule has 0 aromatic heterocycles. The van der Waals surface area contributed by atoms with Crippen molar-refractivity contribution in [3.8, 4) is 11.5 Å². The highest BCUT2D eigenvalue weighted by molar-refractivity contribution is 7.89. The maximum Gasteiger partial charge on any atom is 0.213 e. The van der Waals surface area contributed by atoms with Crippen LogP contribution in [-0.2, 0) is 14.8 Å². The van der Waals surface area contributed by atoms with E-state index >= 15 is 0 Å². The first-order chi connectivity index (χ1) is 14.6. The van der Waals surface area contributed by atoms with Gasteiger partial charge in [0.2, 0.25) is 10.0 Å². The molecule has 3 N–H and O–H groups in total. The van der Waals surface area contributed by atoms with Gasteiger partial charge in [-0.1, -0.05) is 0 Å². The van der Waals surface area contributed by atoms with E-state index in [4.69, 9.17) is 14.2 Å². The maximum absolute atomic E-state index is 12.3. The molecule has 0 spiro atoms. The van der Waals surface area contributed by atoms with Crippen LogP contribution in [0.1, 0.15) is 32.6 Å². The molecule has 2 heterocycles. The maximum atomic E-state index is 12.3. The van der Waals surface area contributed by atoms with Crippen LogP contribution < -0.4 is 24.8 Å². The van der Waals surface area contributed by atoms with Crippen LogP contribution in [0.3, 0.4) is 0 Å². The normalized spacial score (nSPS) is 19.8. The van der Waals surface area contributed by atoms with E-state index in [1.54, 1.807) is 0 Å². The molecule has 2 aliphatic heterocycles. The molecule has 9 nitrogen and oxygen atoms in total. The number of anilines is 1. The van der Waals surface area contributed by atoms with Crippen molar-refractivity contribution >= 4 is 21.7 Å². The second kappa shape index (κ2) is 11.4. The van der Waals surface area contributed by atoms with E-state index in [0.717, 1.165) is 37.1 Å². The Morgan fingerprint density at radius 3 is 2.73 bits per heavy atom. The molecule has 0 radical (unpaired) electrons. The largest absolute Gasteiger partial charge is 0.490 e. The van der Waals surface area contributed by atoms with Crippen molar-refractivity contribution < 1.29 is 22.6 Å². The monoisotopic (exact) mass is 440 g/mol. The average Bonchev–Trinajstić information content (AvgIpc) is 2.98. The summed E-state index contributed by atoms with van der Waals surface area (Å²) in [5, 5.41) is 6.31. The number of ether oxygens (including phenoxy) is 3. The zero-order valence-electron chi connectivity index (χ0n) is 17.5. The minimum absolute atomic E-state index is 0.0320. The van der Waals surface area contributed by atoms with Gasteiger partial charge in [0, 0.05) is 37.9 Å². The molecule has 1 aromatic carbocycles. The number of benzene rings is 1. The van der Waals surface area contributed by atoms with Crippen LogP contribution in [0.15, 0.2) is 23.2 Å². The van der Waals surface area contributed by atoms with Gasteiger partial charge >= 0.3 is 0 Å². The van der Waals surface area contributed by atoms with Crippen LogP contribution in [0, 0.1) is 0 Å². The summed E-state index contributed by atoms with van der Waals surface area (Å²) >= 11 is 0. The van der Waals surface area contributed by atoms with E-state index in [-0.39, 0.29) is 18.4 Å². The number of sulfonamides is 1. The SMILES string of the molecule is CCNC(=NCCS(=O)(=O)NCC1CCCCO1)Nc1ccc2c(c1)OCCCO2. The molecule has 2 aliphatic rings. The first kappa shape index (κ1) is 22.6. The van der Waals surface area contributed by atoms with E-state index in [0.29, 0.717) is 44.6 Å². The number of rotatable bonds is 8. The molecule has 1 aromatic rings. The molecule has 0 bridgehead atoms. The zero-order valence-corrected chi connectivity index (χ0v) is 18.3. The van der Waals surface area contributed by atoms with Crippen molar-refractivity contribution in [2.24, 2.45) is 4.99 Å². The molecule has 1 unspecified atom stereocenters. The summed E-state index contributed by atoms with van der Waals surface area (Å²) in [6, 6.07) is 5.59. The summed E-state index contributed by atoms with van der Waals surface area (Å²) in [5.74, 6) is 1.83. The predicted octanol–water partition coefficient (Wildman–Crippen LogP) is 1.71. The number of aliphatic imine (C=N–C) groups is 1. The minimum atomic E-state index is -3.41. The fourth-order valence-electron chi connectivity index (χ4n) is 3.22. The van der Waals surface area contributed by atoms with E-state index in [1.807, 2.05) is 25.1 Å². The number of hydrogen-bond acceptors (Lipinski definition) is 6. The predicted molar refractivity (Wildman–Crippen MR) is 117 cm³/mol. The quantitative estimate of drug-likeness (QED) is 0.417. The highest BCUT2D eigenvalue weighted by Crippen LogP contribution is 2.32. The zero-order chi connectivity index (χ0) is 21.2. The molecule has 0 saturated carbocycles. The van der Waals surface area contributed by atoms with Gasteiger partial charge in [0.15, 0.2) is 17.5 Å². The van der Waals surface area contributed by atoms with Crippen LogP contribution in [0.2, 0.25) is 0 Å². The van der Waals surface area contributed by atoms with Gasteiger partial charge in [-0.25, -0.2) is 13.1 Å². The van der Waals surface area contributed by atoms with Gasteiger partial charge in [-0.15, -0.1) is 0 Å². The van der Waals surface area contributed by atoms with E-state index in [2.05, 4.69) is 20.3 Å². The van der Waals surface area contributed by atoms with E-state index in [1.165, 1.54) is 0 Å². The molecule has 30 heavy (non-hydrogen) atoms. The Bertz CT molecular complexity index is 809. The smallest absolute Gasteiger partial charge is 0.213 e. The van der Waals surface area contributed by atoms with Crippen molar-refractivity contribution in [3.63, 3.8) is 0 Å². The van der Waals surface area contributed by atoms with Crippen molar-refractivity contribution in [2.45, 2.75) is 38.7 Å². The van der Waals surface area contributed by atoms with Crippen molar-refractivity contribution in [3.05, 3.63) is 18.2 Å². The molecule has 1 atom stereocenters. The first-order valence-corrected chi connectivity index (χ1v) is 12.2. The second-order valence-corrected chi connectivity index (χ2v) is 9.18. The topological polar surface area (TPSA) is 110 Å². The fraction of sp³-hybridized carbons (Fsp3) is 0.650. The Balaban J connectivity index is 1.53. The van der Waals surface area contributed by atoms with Crippen LogP contribution in [0.25, 0.3) is 0 Å². The highest BCUT2D eigenvalue weighted by atomic mass is 32.2. The van der Waals surface area contributed by atoms with Crippen LogP contribution in [0.4, 0.5) is 5.69 Å². The number of hydrogen-bond donors (Lipinski definition) is 3. The Morgan fingerprint density at radius 1 is 1.13 bits per heavy atom. The third kappa shape index (κ3) is 7.33. The van der Waals surface area contributed by atoms with Gasteiger partial charge < -0.3 is 24.8 Å². The first-order valence-electron chi connectivity index (χ1n) is 10.6. The lowest BCUT2D eigenvalue weighted by Gasteiger charge is -2.22. The molecular formula is C20H32N4O5S. The summed E-state index contributed by atoms with van der Waals surface area (Å²) in [4.78, 5) is 4.39. The van der Waals surface area contributed by atoms with Crippen molar-refractivity contribution in [1.29, 1.82) is 0 Å². The molecule has 1 fully saturated rings. The van der Waals surface area contributed by atoms with Crippen molar-refractivity contribution in [1.82, 2.24) is 10.0 Å². The third-order valence-electron chi connectivity index (χ3n) is 4.79. The number of nitrogens with zero attached hydrogens (tertiary/aromatic N) is 1. The summed E-state index contributed by atoms with van der Waals surface area (Å²) < 4.78 is 44.1. The Morgan fingerprint density at radius 2 is 1.97 bits per heavy atom. The van der Waals surface area contributed by atoms with Crippen LogP contribution in [-0.4, -0.2) is 65.7 Å². The summed E-state index contributed by atoms with van der Waals surface area (Å²) in [6.45, 7) is 5.02. The lowest BCUT2D eigenvalue weighted by Crippen LogP contribution is -2.37. The number of fused-ring (bicyclic) bond motifs is 1. The molecule has 0 aliphatic carbocycles. The molecule has 0 amide bonds. The van der Waals surface area contributed by atoms with Gasteiger partial charge in [-0.05, 0) is 38.3 Å². The number of nitrogens with one attached hydrogen (secondary N) is 3. The van der Waals surface area contributed by atoms with E-state index < -0.39 is 10.0 Å². The van der Waals surface area contributed by atoms with Gasteiger partial charge in [0.25, 0.3) is 0 Å². The van der Waals surface area contributed by atoms with Crippen LogP contribution >= 0.6 is 0 Å². The highest BCUT2D eigenvalue weighted by Gasteiger charge is 2.17. The molecule has 168 valence electrons. The van der Waals surface area contributed by atoms with Gasteiger partial charge in [0.05, 0.1) is 31.6 Å². The third-order valence-corrected chi connectivity index (χ3v) is 6.12. The molecular weight excluding hydrogens is 408 g/mol. The molecule has 3 rings (SSSR count). The van der Waals surface area contributed by atoms with Crippen molar-refractivity contribution in [2.75, 3.05) is 50.5 Å². The van der Waals surface area contributed by atoms with Gasteiger partial charge in [-0.2, -0.15) is 0 Å². The fourth-order valence-corrected chi connectivity index (χ4v) is 4.14. The second-order valence-electron chi connectivity index (χ2n) is 7.25. The Kier molecular flexibility index (Phi) is 8.59. The average molecular weight is 441 g/mol. The van der Waals surface area contributed by atoms with Gasteiger partial charge in [-0.3, -0.25) is 4.99 Å². The van der Waals surface area contributed by atoms with Crippen LogP contribution in [0.5, 0.6) is 11.5 Å². The lowest BCUT2D eigenvalue weighted by molar-refractivity contribution is 0.0200. The summed E-state index contributed by atoms with van der Waals surface area (Å²) in [5.41, 5.74) is 0.786. The Labute approximate surface area is 178 Å². The Hall–Kier alpha value is -2.04. The lowest BCUT2D eigenvalue weighted by atomic mass is 10.1. The summed E-state index contributed by atoms with van der Waals surface area (Å²) in [6.07, 6.45) is 3.83. The molecule has 1 saturated heterocycles. The summed E-state index contributed by atoms with van der Waals surface area (Å²) in [7, 11) is -3.41. The van der Waals surface area contributed by atoms with Gasteiger partial charge in [0.1, 0.15) is 0 Å². The van der Waals surface area contributed by atoms with E-state index in [9.17, 15) is 8.42 Å².